The topological polar surface area (TPSA) is 78.6 Å². The Morgan fingerprint density at radius 3 is 3.04 bits per heavy atom. The van der Waals surface area contributed by atoms with Crippen molar-refractivity contribution in [3.05, 3.63) is 11.6 Å². The first-order chi connectivity index (χ1) is 14.4. The van der Waals surface area contributed by atoms with Gasteiger partial charge in [0.05, 0.1) is 31.6 Å². The molecule has 0 aromatic carbocycles. The maximum absolute atomic E-state index is 7.51. The van der Waals surface area contributed by atoms with Crippen molar-refractivity contribution in [2.75, 3.05) is 33.3 Å². The number of fused-ring (bicyclic) bond motifs is 1. The van der Waals surface area contributed by atoms with E-state index in [0.29, 0.717) is 25.6 Å². The number of rotatable bonds is 4. The monoisotopic (exact) mass is 382 g/mol. The minimum absolute atomic E-state index is 0.101. The Morgan fingerprint density at radius 2 is 2.11 bits per heavy atom. The van der Waals surface area contributed by atoms with Crippen LogP contribution in [0.15, 0.2) is 11.6 Å². The lowest BCUT2D eigenvalue weighted by Crippen LogP contribution is -2.68. The van der Waals surface area contributed by atoms with E-state index in [9.17, 15) is 0 Å². The van der Waals surface area contributed by atoms with Crippen LogP contribution in [0.5, 0.6) is 0 Å². The third kappa shape index (κ3) is 4.90. The summed E-state index contributed by atoms with van der Waals surface area (Å²) in [5, 5.41) is 16.8. The van der Waals surface area contributed by atoms with E-state index in [1.165, 1.54) is 5.57 Å². The molecule has 0 amide bonds. The standard InChI is InChI=1S/C20H37N5O2/c1-13-10-18(21-2)25-20(23-13)24-15-11-16(14-4-3-6-22-7-5-14)19-17(12-15)26-8-9-27-19/h5,13,15-25H,3-4,6-12H2,1-2H3/i2D3. The molecule has 4 aliphatic rings. The molecule has 3 aliphatic heterocycles. The van der Waals surface area contributed by atoms with Crippen molar-refractivity contribution in [3.8, 4) is 0 Å². The average molecular weight is 383 g/mol. The van der Waals surface area contributed by atoms with Crippen LogP contribution < -0.4 is 26.6 Å². The molecule has 1 aliphatic carbocycles. The number of hydrogen-bond acceptors (Lipinski definition) is 7. The van der Waals surface area contributed by atoms with Gasteiger partial charge in [-0.05, 0) is 52.5 Å². The Labute approximate surface area is 167 Å². The maximum atomic E-state index is 7.51. The summed E-state index contributed by atoms with van der Waals surface area (Å²) in [5.74, 6) is 0.360. The van der Waals surface area contributed by atoms with Crippen LogP contribution in [0.4, 0.5) is 0 Å². The lowest BCUT2D eigenvalue weighted by molar-refractivity contribution is -0.173. The van der Waals surface area contributed by atoms with Crippen LogP contribution in [0.3, 0.4) is 0 Å². The molecule has 7 atom stereocenters. The predicted molar refractivity (Wildman–Crippen MR) is 106 cm³/mol. The van der Waals surface area contributed by atoms with Gasteiger partial charge in [0.2, 0.25) is 0 Å². The Hall–Kier alpha value is -0.540. The molecule has 7 unspecified atom stereocenters. The summed E-state index contributed by atoms with van der Waals surface area (Å²) in [5.41, 5.74) is 1.49. The highest BCUT2D eigenvalue weighted by Crippen LogP contribution is 2.37. The van der Waals surface area contributed by atoms with Crippen molar-refractivity contribution in [1.29, 1.82) is 0 Å². The lowest BCUT2D eigenvalue weighted by atomic mass is 9.75. The maximum Gasteiger partial charge on any atom is 0.113 e. The van der Waals surface area contributed by atoms with E-state index in [0.717, 1.165) is 38.8 Å². The first-order valence-electron chi connectivity index (χ1n) is 12.1. The first kappa shape index (κ1) is 16.3. The van der Waals surface area contributed by atoms with Gasteiger partial charge in [0, 0.05) is 28.7 Å². The van der Waals surface area contributed by atoms with Crippen LogP contribution in [-0.4, -0.2) is 70.0 Å². The fraction of sp³-hybridized carbons (Fsp3) is 0.900. The Balaban J connectivity index is 1.42. The smallest absolute Gasteiger partial charge is 0.113 e. The van der Waals surface area contributed by atoms with Crippen molar-refractivity contribution < 1.29 is 13.6 Å². The van der Waals surface area contributed by atoms with Crippen LogP contribution in [0.1, 0.15) is 43.1 Å². The van der Waals surface area contributed by atoms with E-state index < -0.39 is 6.98 Å². The normalized spacial score (nSPS) is 45.6. The van der Waals surface area contributed by atoms with E-state index in [1.54, 1.807) is 0 Å². The van der Waals surface area contributed by atoms with Gasteiger partial charge in [-0.15, -0.1) is 0 Å². The van der Waals surface area contributed by atoms with Crippen LogP contribution in [0.2, 0.25) is 0 Å². The van der Waals surface area contributed by atoms with Gasteiger partial charge in [0.1, 0.15) is 6.29 Å². The highest BCUT2D eigenvalue weighted by atomic mass is 16.6. The molecule has 27 heavy (non-hydrogen) atoms. The molecule has 7 nitrogen and oxygen atoms in total. The van der Waals surface area contributed by atoms with E-state index in [2.05, 4.69) is 39.6 Å². The van der Waals surface area contributed by atoms with Crippen molar-refractivity contribution in [1.82, 2.24) is 26.6 Å². The average Bonchev–Trinajstić information content (AvgIpc) is 2.95. The second-order valence-corrected chi connectivity index (χ2v) is 8.37. The largest absolute Gasteiger partial charge is 0.373 e. The quantitative estimate of drug-likeness (QED) is 0.446. The van der Waals surface area contributed by atoms with Crippen molar-refractivity contribution in [3.63, 3.8) is 0 Å². The van der Waals surface area contributed by atoms with Crippen LogP contribution in [-0.2, 0) is 9.47 Å². The summed E-state index contributed by atoms with van der Waals surface area (Å²) in [6.45, 7) is 3.25. The Morgan fingerprint density at radius 1 is 1.19 bits per heavy atom. The molecule has 3 fully saturated rings. The molecule has 3 heterocycles. The van der Waals surface area contributed by atoms with Gasteiger partial charge >= 0.3 is 0 Å². The van der Waals surface area contributed by atoms with Crippen molar-refractivity contribution in [2.24, 2.45) is 5.92 Å². The lowest BCUT2D eigenvalue weighted by Gasteiger charge is -2.47. The summed E-state index contributed by atoms with van der Waals surface area (Å²) in [4.78, 5) is 0. The van der Waals surface area contributed by atoms with Crippen LogP contribution in [0, 0.1) is 5.92 Å². The third-order valence-electron chi connectivity index (χ3n) is 6.33. The Kier molecular flexibility index (Phi) is 5.61. The zero-order valence-electron chi connectivity index (χ0n) is 19.3. The van der Waals surface area contributed by atoms with E-state index in [4.69, 9.17) is 13.6 Å². The summed E-state index contributed by atoms with van der Waals surface area (Å²) < 4.78 is 34.9. The second-order valence-electron chi connectivity index (χ2n) is 8.37. The van der Waals surface area contributed by atoms with E-state index in [1.807, 2.05) is 0 Å². The summed E-state index contributed by atoms with van der Waals surface area (Å²) in [6, 6.07) is 0.472. The molecular weight excluding hydrogens is 342 g/mol. The van der Waals surface area contributed by atoms with Gasteiger partial charge in [0.15, 0.2) is 0 Å². The minimum Gasteiger partial charge on any atom is -0.373 e. The van der Waals surface area contributed by atoms with Crippen molar-refractivity contribution in [2.45, 2.75) is 75.8 Å². The van der Waals surface area contributed by atoms with Gasteiger partial charge in [-0.2, -0.15) is 0 Å². The van der Waals surface area contributed by atoms with Crippen LogP contribution in [0.25, 0.3) is 0 Å². The zero-order chi connectivity index (χ0) is 21.1. The van der Waals surface area contributed by atoms with Gasteiger partial charge in [-0.25, -0.2) is 0 Å². The molecular formula is C20H37N5O2. The molecule has 1 saturated carbocycles. The van der Waals surface area contributed by atoms with E-state index >= 15 is 0 Å². The second kappa shape index (κ2) is 9.31. The number of hydrogen-bond donors (Lipinski definition) is 5. The van der Waals surface area contributed by atoms with Gasteiger partial charge in [-0.1, -0.05) is 11.6 Å². The summed E-state index contributed by atoms with van der Waals surface area (Å²) in [6.07, 6.45) is 7.06. The highest BCUT2D eigenvalue weighted by molar-refractivity contribution is 5.15. The molecule has 2 saturated heterocycles. The van der Waals surface area contributed by atoms with E-state index in [-0.39, 0.29) is 36.7 Å². The summed E-state index contributed by atoms with van der Waals surface area (Å²) >= 11 is 0. The zero-order valence-corrected chi connectivity index (χ0v) is 16.3. The first-order valence-corrected chi connectivity index (χ1v) is 10.6. The predicted octanol–water partition coefficient (Wildman–Crippen LogP) is 0.249. The van der Waals surface area contributed by atoms with Gasteiger partial charge in [-0.3, -0.25) is 16.0 Å². The Bertz CT molecular complexity index is 605. The molecule has 154 valence electrons. The highest BCUT2D eigenvalue weighted by Gasteiger charge is 2.43. The molecule has 0 spiro atoms. The van der Waals surface area contributed by atoms with Crippen LogP contribution >= 0.6 is 0 Å². The fourth-order valence-electron chi connectivity index (χ4n) is 5.10. The van der Waals surface area contributed by atoms with Gasteiger partial charge in [0.25, 0.3) is 0 Å². The fourth-order valence-corrected chi connectivity index (χ4v) is 5.10. The molecule has 7 heteroatoms. The molecule has 0 aromatic heterocycles. The molecule has 0 bridgehead atoms. The molecule has 5 N–H and O–H groups in total. The van der Waals surface area contributed by atoms with Gasteiger partial charge < -0.3 is 20.1 Å². The molecule has 4 rings (SSSR count). The minimum atomic E-state index is -2.16. The number of ether oxygens (including phenoxy) is 2. The SMILES string of the molecule is [2H]C([2H])([2H])NC1CC(C)NC(NC2CC3OCCOC3C(C3=CCNCCC3)C2)N1. The number of nitrogens with one attached hydrogen (secondary N) is 5. The third-order valence-corrected chi connectivity index (χ3v) is 6.33. The molecule has 0 radical (unpaired) electrons. The van der Waals surface area contributed by atoms with Crippen molar-refractivity contribution >= 4 is 0 Å². The summed E-state index contributed by atoms with van der Waals surface area (Å²) in [7, 11) is 0. The molecule has 0 aromatic rings.